The molecule has 2 rings (SSSR count). The van der Waals surface area contributed by atoms with Crippen LogP contribution in [0.3, 0.4) is 0 Å². The third-order valence-corrected chi connectivity index (χ3v) is 2.86. The van der Waals surface area contributed by atoms with Gasteiger partial charge in [0, 0.05) is 0 Å². The summed E-state index contributed by atoms with van der Waals surface area (Å²) in [5, 5.41) is 10.6. The van der Waals surface area contributed by atoms with Crippen LogP contribution in [-0.4, -0.2) is 31.9 Å². The molecule has 0 saturated heterocycles. The van der Waals surface area contributed by atoms with Gasteiger partial charge < -0.3 is 23.7 Å². The molecule has 0 saturated carbocycles. The summed E-state index contributed by atoms with van der Waals surface area (Å²) < 4.78 is 20.7. The highest BCUT2D eigenvalue weighted by Gasteiger charge is 2.22. The first-order chi connectivity index (χ1) is 9.62. The van der Waals surface area contributed by atoms with Crippen molar-refractivity contribution in [1.29, 1.82) is 0 Å². The van der Waals surface area contributed by atoms with Crippen LogP contribution in [0.15, 0.2) is 16.5 Å². The van der Waals surface area contributed by atoms with Crippen LogP contribution in [0.5, 0.6) is 17.2 Å². The lowest BCUT2D eigenvalue weighted by molar-refractivity contribution is -0.142. The Labute approximate surface area is 115 Å². The summed E-state index contributed by atoms with van der Waals surface area (Å²) in [5.74, 6) is 0.410. The van der Waals surface area contributed by atoms with Crippen LogP contribution in [0.1, 0.15) is 12.7 Å². The molecule has 2 aromatic rings. The van der Waals surface area contributed by atoms with E-state index >= 15 is 0 Å². The van der Waals surface area contributed by atoms with Crippen LogP contribution in [-0.2, 0) is 16.0 Å². The second-order valence-electron chi connectivity index (χ2n) is 4.03. The van der Waals surface area contributed by atoms with E-state index in [9.17, 15) is 9.90 Å². The van der Waals surface area contributed by atoms with Gasteiger partial charge in [-0.05, 0) is 19.1 Å². The van der Waals surface area contributed by atoms with Crippen LogP contribution >= 0.6 is 0 Å². The molecule has 0 bridgehead atoms. The summed E-state index contributed by atoms with van der Waals surface area (Å²) in [5.41, 5.74) is 0.337. The highest BCUT2D eigenvalue weighted by Crippen LogP contribution is 2.43. The number of carbonyl (C=O) groups is 1. The minimum absolute atomic E-state index is 0.126. The second-order valence-corrected chi connectivity index (χ2v) is 4.03. The highest BCUT2D eigenvalue weighted by molar-refractivity contribution is 5.95. The van der Waals surface area contributed by atoms with Gasteiger partial charge in [0.1, 0.15) is 17.6 Å². The molecule has 6 heteroatoms. The topological polar surface area (TPSA) is 78.1 Å². The Morgan fingerprint density at radius 2 is 1.90 bits per heavy atom. The first-order valence-electron chi connectivity index (χ1n) is 6.13. The number of furan rings is 1. The van der Waals surface area contributed by atoms with Gasteiger partial charge in [0.05, 0.1) is 20.8 Å². The normalized spacial score (nSPS) is 10.6. The van der Waals surface area contributed by atoms with Gasteiger partial charge in [-0.3, -0.25) is 4.79 Å². The molecule has 0 aliphatic carbocycles. The van der Waals surface area contributed by atoms with Crippen LogP contribution in [0.4, 0.5) is 0 Å². The van der Waals surface area contributed by atoms with Crippen molar-refractivity contribution in [2.45, 2.75) is 13.3 Å². The van der Waals surface area contributed by atoms with Crippen molar-refractivity contribution in [2.75, 3.05) is 20.8 Å². The molecule has 1 heterocycles. The third-order valence-electron chi connectivity index (χ3n) is 2.86. The molecule has 1 N–H and O–H groups in total. The van der Waals surface area contributed by atoms with E-state index < -0.39 is 5.97 Å². The largest absolute Gasteiger partial charge is 0.504 e. The zero-order valence-electron chi connectivity index (χ0n) is 11.6. The molecule has 0 radical (unpaired) electrons. The highest BCUT2D eigenvalue weighted by atomic mass is 16.5. The van der Waals surface area contributed by atoms with E-state index in [1.165, 1.54) is 14.2 Å². The van der Waals surface area contributed by atoms with Crippen molar-refractivity contribution in [3.63, 3.8) is 0 Å². The number of methoxy groups -OCH3 is 2. The average molecular weight is 280 g/mol. The van der Waals surface area contributed by atoms with Crippen molar-refractivity contribution >= 4 is 16.9 Å². The van der Waals surface area contributed by atoms with E-state index in [1.54, 1.807) is 19.1 Å². The number of rotatable bonds is 5. The summed E-state index contributed by atoms with van der Waals surface area (Å²) in [6, 6.07) is 3.32. The van der Waals surface area contributed by atoms with Gasteiger partial charge in [0.15, 0.2) is 22.8 Å². The molecule has 0 fully saturated rings. The molecule has 0 atom stereocenters. The lowest BCUT2D eigenvalue weighted by atomic mass is 10.2. The lowest BCUT2D eigenvalue weighted by Crippen LogP contribution is -2.06. The Morgan fingerprint density at radius 1 is 1.25 bits per heavy atom. The van der Waals surface area contributed by atoms with Gasteiger partial charge in [0.2, 0.25) is 0 Å². The minimum Gasteiger partial charge on any atom is -0.504 e. The zero-order chi connectivity index (χ0) is 14.7. The molecular weight excluding hydrogens is 264 g/mol. The Morgan fingerprint density at radius 3 is 2.50 bits per heavy atom. The maximum absolute atomic E-state index is 11.5. The summed E-state index contributed by atoms with van der Waals surface area (Å²) in [6.45, 7) is 1.98. The van der Waals surface area contributed by atoms with Gasteiger partial charge >= 0.3 is 5.97 Å². The molecule has 0 aliphatic heterocycles. The number of aromatic hydroxyl groups is 1. The number of esters is 1. The Hall–Kier alpha value is -2.37. The molecule has 0 aliphatic rings. The van der Waals surface area contributed by atoms with Gasteiger partial charge in [-0.1, -0.05) is 0 Å². The van der Waals surface area contributed by atoms with E-state index in [1.807, 2.05) is 0 Å². The predicted molar refractivity (Wildman–Crippen MR) is 71.3 cm³/mol. The minimum atomic E-state index is -0.472. The third kappa shape index (κ3) is 2.36. The Kier molecular flexibility index (Phi) is 4.02. The predicted octanol–water partition coefficient (Wildman–Crippen LogP) is 2.26. The van der Waals surface area contributed by atoms with Crippen molar-refractivity contribution in [3.05, 3.63) is 17.9 Å². The lowest BCUT2D eigenvalue weighted by Gasteiger charge is -2.04. The summed E-state index contributed by atoms with van der Waals surface area (Å²) >= 11 is 0. The van der Waals surface area contributed by atoms with Gasteiger partial charge in [-0.15, -0.1) is 0 Å². The molecule has 0 spiro atoms. The Balaban J connectivity index is 2.53. The number of fused-ring (bicyclic) bond motifs is 1. The quantitative estimate of drug-likeness (QED) is 0.846. The fourth-order valence-corrected chi connectivity index (χ4v) is 1.98. The van der Waals surface area contributed by atoms with Crippen molar-refractivity contribution < 1.29 is 28.5 Å². The number of hydrogen-bond acceptors (Lipinski definition) is 6. The fraction of sp³-hybridized carbons (Fsp3) is 0.357. The Bertz CT molecular complexity index is 628. The number of hydrogen-bond donors (Lipinski definition) is 1. The summed E-state index contributed by atoms with van der Waals surface area (Å²) in [6.07, 6.45) is -0.152. The van der Waals surface area contributed by atoms with Gasteiger partial charge in [-0.2, -0.15) is 0 Å². The molecule has 0 unspecified atom stereocenters. The van der Waals surface area contributed by atoms with Crippen LogP contribution in [0.2, 0.25) is 0 Å². The van der Waals surface area contributed by atoms with Crippen molar-refractivity contribution in [1.82, 2.24) is 0 Å². The molecule has 0 amide bonds. The van der Waals surface area contributed by atoms with Crippen LogP contribution in [0, 0.1) is 0 Å². The smallest absolute Gasteiger partial charge is 0.313 e. The first kappa shape index (κ1) is 14.0. The SMILES string of the molecule is CCOC(=O)Cc1oc2c(OC)ccc(OC)c2c1O. The number of carbonyl (C=O) groups excluding carboxylic acids is 1. The monoisotopic (exact) mass is 280 g/mol. The van der Waals surface area contributed by atoms with E-state index in [-0.39, 0.29) is 24.5 Å². The maximum Gasteiger partial charge on any atom is 0.313 e. The second kappa shape index (κ2) is 5.73. The van der Waals surface area contributed by atoms with E-state index in [4.69, 9.17) is 18.6 Å². The number of benzene rings is 1. The fourth-order valence-electron chi connectivity index (χ4n) is 1.98. The molecule has 20 heavy (non-hydrogen) atoms. The zero-order valence-corrected chi connectivity index (χ0v) is 11.6. The molecule has 108 valence electrons. The van der Waals surface area contributed by atoms with E-state index in [2.05, 4.69) is 0 Å². The van der Waals surface area contributed by atoms with Gasteiger partial charge in [0.25, 0.3) is 0 Å². The maximum atomic E-state index is 11.5. The van der Waals surface area contributed by atoms with Crippen LogP contribution in [0.25, 0.3) is 11.0 Å². The number of ether oxygens (including phenoxy) is 3. The molecular formula is C14H16O6. The summed E-state index contributed by atoms with van der Waals surface area (Å²) in [4.78, 5) is 11.5. The van der Waals surface area contributed by atoms with Gasteiger partial charge in [-0.25, -0.2) is 0 Å². The van der Waals surface area contributed by atoms with E-state index in [0.29, 0.717) is 22.5 Å². The molecule has 1 aromatic heterocycles. The summed E-state index contributed by atoms with van der Waals surface area (Å²) in [7, 11) is 2.98. The molecule has 6 nitrogen and oxygen atoms in total. The average Bonchev–Trinajstić information content (AvgIpc) is 2.76. The van der Waals surface area contributed by atoms with E-state index in [0.717, 1.165) is 0 Å². The van der Waals surface area contributed by atoms with Crippen LogP contribution < -0.4 is 9.47 Å². The molecule has 1 aromatic carbocycles. The van der Waals surface area contributed by atoms with Crippen molar-refractivity contribution in [3.8, 4) is 17.2 Å². The van der Waals surface area contributed by atoms with Crippen molar-refractivity contribution in [2.24, 2.45) is 0 Å². The standard InChI is InChI=1S/C14H16O6/c1-4-19-11(15)7-10-13(16)12-8(17-2)5-6-9(18-3)14(12)20-10/h5-6,16H,4,7H2,1-3H3. The first-order valence-corrected chi connectivity index (χ1v) is 6.13.